The molecule has 2 rings (SSSR count). The van der Waals surface area contributed by atoms with Gasteiger partial charge in [-0.2, -0.15) is 0 Å². The molecule has 0 bridgehead atoms. The van der Waals surface area contributed by atoms with Crippen molar-refractivity contribution in [3.63, 3.8) is 0 Å². The minimum absolute atomic E-state index is 0.773. The number of hydrogen-bond donors (Lipinski definition) is 0. The fourth-order valence-corrected chi connectivity index (χ4v) is 2.76. The maximum atomic E-state index is 4.51. The molecule has 1 aliphatic heterocycles. The first kappa shape index (κ1) is 10.9. The van der Waals surface area contributed by atoms with Crippen LogP contribution in [0.5, 0.6) is 0 Å². The average molecular weight is 269 g/mol. The Balaban J connectivity index is 2.16. The van der Waals surface area contributed by atoms with Gasteiger partial charge in [-0.15, -0.1) is 0 Å². The molecule has 3 heteroatoms. The second kappa shape index (κ2) is 4.52. The van der Waals surface area contributed by atoms with Gasteiger partial charge in [0, 0.05) is 13.1 Å². The standard InChI is InChI=1S/C12H17BrN2/c1-9-6-10(2)8-15(7-9)12-5-3-4-11(13)14-12/h3-5,9-10H,6-8H2,1-2H3. The number of rotatable bonds is 1. The molecule has 2 nitrogen and oxygen atoms in total. The van der Waals surface area contributed by atoms with Crippen LogP contribution in [0.2, 0.25) is 0 Å². The van der Waals surface area contributed by atoms with Crippen LogP contribution in [0, 0.1) is 11.8 Å². The molecule has 15 heavy (non-hydrogen) atoms. The maximum Gasteiger partial charge on any atom is 0.129 e. The van der Waals surface area contributed by atoms with Crippen LogP contribution in [0.1, 0.15) is 20.3 Å². The number of halogens is 1. The van der Waals surface area contributed by atoms with Crippen molar-refractivity contribution in [2.24, 2.45) is 11.8 Å². The van der Waals surface area contributed by atoms with E-state index >= 15 is 0 Å². The van der Waals surface area contributed by atoms with Gasteiger partial charge in [-0.3, -0.25) is 0 Å². The van der Waals surface area contributed by atoms with Gasteiger partial charge >= 0.3 is 0 Å². The molecular formula is C12H17BrN2. The van der Waals surface area contributed by atoms with Crippen molar-refractivity contribution in [1.29, 1.82) is 0 Å². The number of pyridine rings is 1. The van der Waals surface area contributed by atoms with Crippen LogP contribution in [0.15, 0.2) is 22.8 Å². The fraction of sp³-hybridized carbons (Fsp3) is 0.583. The average Bonchev–Trinajstić information content (AvgIpc) is 2.16. The summed E-state index contributed by atoms with van der Waals surface area (Å²) in [4.78, 5) is 6.90. The van der Waals surface area contributed by atoms with Gasteiger partial charge < -0.3 is 4.90 Å². The zero-order chi connectivity index (χ0) is 10.8. The molecule has 0 aliphatic carbocycles. The van der Waals surface area contributed by atoms with Gasteiger partial charge in [-0.25, -0.2) is 4.98 Å². The minimum Gasteiger partial charge on any atom is -0.356 e. The monoisotopic (exact) mass is 268 g/mol. The van der Waals surface area contributed by atoms with Gasteiger partial charge in [-0.05, 0) is 46.3 Å². The third kappa shape index (κ3) is 2.71. The molecule has 1 saturated heterocycles. The third-order valence-corrected chi connectivity index (χ3v) is 3.33. The van der Waals surface area contributed by atoms with Crippen molar-refractivity contribution < 1.29 is 0 Å². The predicted molar refractivity (Wildman–Crippen MR) is 67.1 cm³/mol. The lowest BCUT2D eigenvalue weighted by molar-refractivity contribution is 0.355. The Hall–Kier alpha value is -0.570. The van der Waals surface area contributed by atoms with Crippen molar-refractivity contribution in [2.75, 3.05) is 18.0 Å². The van der Waals surface area contributed by atoms with Crippen LogP contribution >= 0.6 is 15.9 Å². The van der Waals surface area contributed by atoms with Crippen LogP contribution < -0.4 is 4.90 Å². The minimum atomic E-state index is 0.773. The summed E-state index contributed by atoms with van der Waals surface area (Å²) < 4.78 is 0.922. The van der Waals surface area contributed by atoms with E-state index in [1.54, 1.807) is 0 Å². The molecule has 0 N–H and O–H groups in total. The molecule has 2 heterocycles. The highest BCUT2D eigenvalue weighted by Gasteiger charge is 2.22. The first-order chi connectivity index (χ1) is 7.15. The van der Waals surface area contributed by atoms with E-state index in [9.17, 15) is 0 Å². The van der Waals surface area contributed by atoms with Gasteiger partial charge in [0.05, 0.1) is 0 Å². The van der Waals surface area contributed by atoms with Crippen LogP contribution in [-0.2, 0) is 0 Å². The summed E-state index contributed by atoms with van der Waals surface area (Å²) in [7, 11) is 0. The van der Waals surface area contributed by atoms with Crippen LogP contribution in [0.25, 0.3) is 0 Å². The van der Waals surface area contributed by atoms with Gasteiger partial charge in [-0.1, -0.05) is 19.9 Å². The molecule has 2 unspecified atom stereocenters. The second-order valence-electron chi connectivity index (χ2n) is 4.67. The Morgan fingerprint density at radius 1 is 1.27 bits per heavy atom. The zero-order valence-corrected chi connectivity index (χ0v) is 10.9. The summed E-state index contributed by atoms with van der Waals surface area (Å²) in [5, 5.41) is 0. The van der Waals surface area contributed by atoms with Gasteiger partial charge in [0.2, 0.25) is 0 Å². The molecule has 1 aromatic heterocycles. The second-order valence-corrected chi connectivity index (χ2v) is 5.48. The van der Waals surface area contributed by atoms with Crippen LogP contribution in [0.4, 0.5) is 5.82 Å². The summed E-state index contributed by atoms with van der Waals surface area (Å²) in [5.74, 6) is 2.65. The summed E-state index contributed by atoms with van der Waals surface area (Å²) in [5.41, 5.74) is 0. The molecule has 82 valence electrons. The Bertz CT molecular complexity index is 330. The molecule has 0 radical (unpaired) electrons. The molecule has 0 amide bonds. The first-order valence-electron chi connectivity index (χ1n) is 5.52. The van der Waals surface area contributed by atoms with Crippen molar-refractivity contribution >= 4 is 21.7 Å². The molecule has 2 atom stereocenters. The van der Waals surface area contributed by atoms with E-state index in [0.717, 1.165) is 35.3 Å². The molecule has 1 aliphatic rings. The van der Waals surface area contributed by atoms with E-state index in [4.69, 9.17) is 0 Å². The van der Waals surface area contributed by atoms with Crippen molar-refractivity contribution in [2.45, 2.75) is 20.3 Å². The van der Waals surface area contributed by atoms with Gasteiger partial charge in [0.25, 0.3) is 0 Å². The van der Waals surface area contributed by atoms with E-state index in [1.807, 2.05) is 6.07 Å². The number of anilines is 1. The van der Waals surface area contributed by atoms with Crippen LogP contribution in [-0.4, -0.2) is 18.1 Å². The Kier molecular flexibility index (Phi) is 3.29. The summed E-state index contributed by atoms with van der Waals surface area (Å²) in [6, 6.07) is 6.12. The lowest BCUT2D eigenvalue weighted by Gasteiger charge is -2.35. The molecule has 0 saturated carbocycles. The first-order valence-corrected chi connectivity index (χ1v) is 6.32. The molecule has 0 aromatic carbocycles. The Morgan fingerprint density at radius 3 is 2.53 bits per heavy atom. The summed E-state index contributed by atoms with van der Waals surface area (Å²) in [6.45, 7) is 6.91. The lowest BCUT2D eigenvalue weighted by atomic mass is 9.92. The maximum absolute atomic E-state index is 4.51. The van der Waals surface area contributed by atoms with Crippen molar-refractivity contribution in [3.8, 4) is 0 Å². The number of hydrogen-bond acceptors (Lipinski definition) is 2. The highest BCUT2D eigenvalue weighted by atomic mass is 79.9. The van der Waals surface area contributed by atoms with E-state index < -0.39 is 0 Å². The van der Waals surface area contributed by atoms with Crippen LogP contribution in [0.3, 0.4) is 0 Å². The van der Waals surface area contributed by atoms with Crippen molar-refractivity contribution in [3.05, 3.63) is 22.8 Å². The molecule has 1 fully saturated rings. The fourth-order valence-electron chi connectivity index (χ4n) is 2.42. The Morgan fingerprint density at radius 2 is 1.93 bits per heavy atom. The smallest absolute Gasteiger partial charge is 0.129 e. The van der Waals surface area contributed by atoms with E-state index in [-0.39, 0.29) is 0 Å². The summed E-state index contributed by atoms with van der Waals surface area (Å²) in [6.07, 6.45) is 1.34. The normalized spacial score (nSPS) is 26.7. The summed E-state index contributed by atoms with van der Waals surface area (Å²) >= 11 is 3.42. The van der Waals surface area contributed by atoms with E-state index in [0.29, 0.717) is 0 Å². The van der Waals surface area contributed by atoms with Crippen molar-refractivity contribution in [1.82, 2.24) is 4.98 Å². The van der Waals surface area contributed by atoms with Gasteiger partial charge in [0.1, 0.15) is 10.4 Å². The zero-order valence-electron chi connectivity index (χ0n) is 9.28. The number of aromatic nitrogens is 1. The molecule has 1 aromatic rings. The Labute approximate surface area is 99.8 Å². The quantitative estimate of drug-likeness (QED) is 0.727. The highest BCUT2D eigenvalue weighted by molar-refractivity contribution is 9.10. The highest BCUT2D eigenvalue weighted by Crippen LogP contribution is 2.25. The number of piperidine rings is 1. The largest absolute Gasteiger partial charge is 0.356 e. The van der Waals surface area contributed by atoms with E-state index in [2.05, 4.69) is 51.8 Å². The molecular weight excluding hydrogens is 252 g/mol. The number of nitrogens with zero attached hydrogens (tertiary/aromatic N) is 2. The van der Waals surface area contributed by atoms with Gasteiger partial charge in [0.15, 0.2) is 0 Å². The topological polar surface area (TPSA) is 16.1 Å². The predicted octanol–water partition coefficient (Wildman–Crippen LogP) is 3.33. The molecule has 0 spiro atoms. The van der Waals surface area contributed by atoms with E-state index in [1.165, 1.54) is 6.42 Å². The SMILES string of the molecule is CC1CC(C)CN(c2cccc(Br)n2)C1. The lowest BCUT2D eigenvalue weighted by Crippen LogP contribution is -2.39. The third-order valence-electron chi connectivity index (χ3n) is 2.89.